The molecule has 0 aromatic heterocycles. The van der Waals surface area contributed by atoms with Crippen LogP contribution in [0.3, 0.4) is 0 Å². The molecule has 0 aliphatic heterocycles. The Balaban J connectivity index is 1.56. The van der Waals surface area contributed by atoms with Crippen LogP contribution in [0.1, 0.15) is 55.7 Å². The lowest BCUT2D eigenvalue weighted by molar-refractivity contribution is 0.174. The number of carbonyl (C=O) groups excluding carboxylic acids is 1. The van der Waals surface area contributed by atoms with Gasteiger partial charge in [0.2, 0.25) is 0 Å². The van der Waals surface area contributed by atoms with Crippen LogP contribution in [0.25, 0.3) is 0 Å². The van der Waals surface area contributed by atoms with Crippen LogP contribution in [0.5, 0.6) is 0 Å². The number of aliphatic hydroxyl groups is 1. The Labute approximate surface area is 138 Å². The minimum atomic E-state index is -0.0439. The minimum absolute atomic E-state index is 0.0439. The fourth-order valence-electron chi connectivity index (χ4n) is 3.67. The molecule has 2 saturated carbocycles. The van der Waals surface area contributed by atoms with Gasteiger partial charge in [0.05, 0.1) is 6.04 Å². The van der Waals surface area contributed by atoms with Crippen molar-refractivity contribution in [1.82, 2.24) is 10.6 Å². The van der Waals surface area contributed by atoms with Gasteiger partial charge in [0.25, 0.3) is 0 Å². The van der Waals surface area contributed by atoms with Gasteiger partial charge in [-0.3, -0.25) is 0 Å². The second-order valence-electron chi connectivity index (χ2n) is 7.19. The van der Waals surface area contributed by atoms with Crippen molar-refractivity contribution in [2.75, 3.05) is 6.61 Å². The molecule has 0 unspecified atom stereocenters. The molecule has 0 heterocycles. The van der Waals surface area contributed by atoms with Crippen LogP contribution in [0.15, 0.2) is 24.3 Å². The Morgan fingerprint density at radius 1 is 1.17 bits per heavy atom. The fourth-order valence-corrected chi connectivity index (χ4v) is 3.67. The number of hydrogen-bond donors (Lipinski definition) is 3. The van der Waals surface area contributed by atoms with Gasteiger partial charge in [-0.05, 0) is 68.4 Å². The van der Waals surface area contributed by atoms with E-state index in [1.54, 1.807) is 0 Å². The topological polar surface area (TPSA) is 61.4 Å². The SMILES string of the molecule is Cc1ccccc1[C@@H](NC(=O)NC1CCC(CO)CC1)C1CC1. The van der Waals surface area contributed by atoms with Crippen LogP contribution in [0, 0.1) is 18.8 Å². The third-order valence-electron chi connectivity index (χ3n) is 5.34. The van der Waals surface area contributed by atoms with Gasteiger partial charge in [-0.25, -0.2) is 4.79 Å². The zero-order valence-electron chi connectivity index (χ0n) is 13.9. The molecule has 1 aromatic carbocycles. The third-order valence-corrected chi connectivity index (χ3v) is 5.34. The van der Waals surface area contributed by atoms with Crippen LogP contribution in [0.2, 0.25) is 0 Å². The molecule has 2 aliphatic carbocycles. The molecule has 0 radical (unpaired) electrons. The van der Waals surface area contributed by atoms with Crippen molar-refractivity contribution in [3.63, 3.8) is 0 Å². The fraction of sp³-hybridized carbons (Fsp3) is 0.632. The summed E-state index contributed by atoms with van der Waals surface area (Å²) in [6, 6.07) is 8.67. The number of hydrogen-bond acceptors (Lipinski definition) is 2. The Morgan fingerprint density at radius 2 is 1.87 bits per heavy atom. The van der Waals surface area contributed by atoms with E-state index in [1.807, 2.05) is 12.1 Å². The molecule has 0 bridgehead atoms. The summed E-state index contributed by atoms with van der Waals surface area (Å²) in [6.07, 6.45) is 6.34. The van der Waals surface area contributed by atoms with E-state index < -0.39 is 0 Å². The Bertz CT molecular complexity index is 534. The lowest BCUT2D eigenvalue weighted by Crippen LogP contribution is -2.45. The molecule has 1 aromatic rings. The second kappa shape index (κ2) is 7.35. The van der Waals surface area contributed by atoms with Crippen molar-refractivity contribution in [3.05, 3.63) is 35.4 Å². The summed E-state index contributed by atoms with van der Waals surface area (Å²) in [6.45, 7) is 2.39. The summed E-state index contributed by atoms with van der Waals surface area (Å²) in [5.74, 6) is 0.995. The molecule has 23 heavy (non-hydrogen) atoms. The van der Waals surface area contributed by atoms with Gasteiger partial charge in [-0.1, -0.05) is 24.3 Å². The molecule has 1 atom stereocenters. The molecule has 126 valence electrons. The summed E-state index contributed by atoms with van der Waals surface area (Å²) >= 11 is 0. The van der Waals surface area contributed by atoms with Crippen LogP contribution in [0.4, 0.5) is 4.79 Å². The van der Waals surface area contributed by atoms with Crippen molar-refractivity contribution >= 4 is 6.03 Å². The van der Waals surface area contributed by atoms with Gasteiger partial charge in [-0.15, -0.1) is 0 Å². The highest BCUT2D eigenvalue weighted by Crippen LogP contribution is 2.41. The number of aryl methyl sites for hydroxylation is 1. The van der Waals surface area contributed by atoms with Crippen LogP contribution in [-0.4, -0.2) is 23.8 Å². The van der Waals surface area contributed by atoms with Crippen LogP contribution in [-0.2, 0) is 0 Å². The Hall–Kier alpha value is -1.55. The standard InChI is InChI=1S/C19H28N2O2/c1-13-4-2-3-5-17(13)18(15-8-9-15)21-19(23)20-16-10-6-14(12-22)7-11-16/h2-5,14-16,18,22H,6-12H2,1H3,(H2,20,21,23)/t14?,16?,18-/m0/s1. The van der Waals surface area contributed by atoms with Crippen molar-refractivity contribution in [1.29, 1.82) is 0 Å². The number of aliphatic hydroxyl groups excluding tert-OH is 1. The minimum Gasteiger partial charge on any atom is -0.396 e. The molecule has 3 N–H and O–H groups in total. The molecule has 2 fully saturated rings. The van der Waals surface area contributed by atoms with E-state index in [9.17, 15) is 9.90 Å². The first kappa shape index (κ1) is 16.3. The largest absolute Gasteiger partial charge is 0.396 e. The molecule has 0 saturated heterocycles. The van der Waals surface area contributed by atoms with E-state index in [0.29, 0.717) is 11.8 Å². The number of urea groups is 1. The van der Waals surface area contributed by atoms with E-state index in [2.05, 4.69) is 29.7 Å². The average Bonchev–Trinajstić information content (AvgIpc) is 3.39. The molecular formula is C19H28N2O2. The normalized spacial score (nSPS) is 25.7. The predicted molar refractivity (Wildman–Crippen MR) is 91.1 cm³/mol. The second-order valence-corrected chi connectivity index (χ2v) is 7.19. The summed E-state index contributed by atoms with van der Waals surface area (Å²) in [7, 11) is 0. The molecular weight excluding hydrogens is 288 g/mol. The molecule has 0 spiro atoms. The van der Waals surface area contributed by atoms with E-state index >= 15 is 0 Å². The summed E-state index contributed by atoms with van der Waals surface area (Å²) in [5, 5.41) is 15.5. The van der Waals surface area contributed by atoms with E-state index in [0.717, 1.165) is 25.7 Å². The number of amides is 2. The third kappa shape index (κ3) is 4.25. The molecule has 4 heteroatoms. The predicted octanol–water partition coefficient (Wildman–Crippen LogP) is 3.30. The number of carbonyl (C=O) groups is 1. The van der Waals surface area contributed by atoms with Crippen molar-refractivity contribution in [3.8, 4) is 0 Å². The van der Waals surface area contributed by atoms with Crippen molar-refractivity contribution in [2.24, 2.45) is 11.8 Å². The highest BCUT2D eigenvalue weighted by Gasteiger charge is 2.34. The summed E-state index contributed by atoms with van der Waals surface area (Å²) in [5.41, 5.74) is 2.49. The van der Waals surface area contributed by atoms with Crippen LogP contribution >= 0.6 is 0 Å². The summed E-state index contributed by atoms with van der Waals surface area (Å²) in [4.78, 5) is 12.4. The summed E-state index contributed by atoms with van der Waals surface area (Å²) < 4.78 is 0. The van der Waals surface area contributed by atoms with Gasteiger partial charge in [0.15, 0.2) is 0 Å². The van der Waals surface area contributed by atoms with Gasteiger partial charge >= 0.3 is 6.03 Å². The molecule has 2 aliphatic rings. The Morgan fingerprint density at radius 3 is 2.48 bits per heavy atom. The number of nitrogens with one attached hydrogen (secondary N) is 2. The maximum atomic E-state index is 12.4. The monoisotopic (exact) mass is 316 g/mol. The average molecular weight is 316 g/mol. The first-order valence-electron chi connectivity index (χ1n) is 8.90. The maximum absolute atomic E-state index is 12.4. The van der Waals surface area contributed by atoms with Gasteiger partial charge < -0.3 is 15.7 Å². The van der Waals surface area contributed by atoms with Crippen molar-refractivity contribution < 1.29 is 9.90 Å². The van der Waals surface area contributed by atoms with Crippen molar-refractivity contribution in [2.45, 2.75) is 57.5 Å². The van der Waals surface area contributed by atoms with Gasteiger partial charge in [0.1, 0.15) is 0 Å². The van der Waals surface area contributed by atoms with E-state index in [1.165, 1.54) is 24.0 Å². The first-order chi connectivity index (χ1) is 11.2. The molecule has 3 rings (SSSR count). The quantitative estimate of drug-likeness (QED) is 0.780. The number of benzene rings is 1. The Kier molecular flexibility index (Phi) is 5.21. The lowest BCUT2D eigenvalue weighted by Gasteiger charge is -2.29. The van der Waals surface area contributed by atoms with Crippen LogP contribution < -0.4 is 10.6 Å². The molecule has 2 amide bonds. The van der Waals surface area contributed by atoms with Gasteiger partial charge in [0, 0.05) is 12.6 Å². The van der Waals surface area contributed by atoms with Gasteiger partial charge in [-0.2, -0.15) is 0 Å². The first-order valence-corrected chi connectivity index (χ1v) is 8.90. The highest BCUT2D eigenvalue weighted by molar-refractivity contribution is 5.75. The van der Waals surface area contributed by atoms with E-state index in [-0.39, 0.29) is 24.7 Å². The smallest absolute Gasteiger partial charge is 0.315 e. The van der Waals surface area contributed by atoms with E-state index in [4.69, 9.17) is 0 Å². The highest BCUT2D eigenvalue weighted by atomic mass is 16.3. The number of rotatable bonds is 5. The maximum Gasteiger partial charge on any atom is 0.315 e. The zero-order chi connectivity index (χ0) is 16.2. The zero-order valence-corrected chi connectivity index (χ0v) is 13.9. The molecule has 4 nitrogen and oxygen atoms in total. The lowest BCUT2D eigenvalue weighted by atomic mass is 9.86.